The molecule has 6 rings (SSSR count). The summed E-state index contributed by atoms with van der Waals surface area (Å²) in [5.41, 5.74) is -1.21. The molecule has 0 aliphatic carbocycles. The number of fused-ring (bicyclic) bond motifs is 3. The van der Waals surface area contributed by atoms with E-state index in [0.29, 0.717) is 26.2 Å². The second kappa shape index (κ2) is 10.9. The third kappa shape index (κ3) is 5.29. The van der Waals surface area contributed by atoms with Crippen molar-refractivity contribution in [1.29, 1.82) is 0 Å². The number of hydrogen-bond acceptors (Lipinski definition) is 7. The van der Waals surface area contributed by atoms with Crippen LogP contribution in [0.5, 0.6) is 6.01 Å². The summed E-state index contributed by atoms with van der Waals surface area (Å²) in [5, 5.41) is 3.34. The van der Waals surface area contributed by atoms with E-state index >= 15 is 17.6 Å². The lowest BCUT2D eigenvalue weighted by atomic mass is 9.81. The van der Waals surface area contributed by atoms with Gasteiger partial charge in [-0.2, -0.15) is 23.1 Å². The van der Waals surface area contributed by atoms with Crippen LogP contribution in [0, 0.1) is 29.8 Å². The molecule has 14 heteroatoms. The predicted octanol–water partition coefficient (Wildman–Crippen LogP) is 5.62. The predicted molar refractivity (Wildman–Crippen MR) is 152 cm³/mol. The molecule has 3 aromatic rings. The highest BCUT2D eigenvalue weighted by Gasteiger charge is 2.42. The second-order valence-electron chi connectivity index (χ2n) is 12.6. The molecule has 2 unspecified atom stereocenters. The Bertz CT molecular complexity index is 1610. The number of aryl methyl sites for hydroxylation is 1. The van der Waals surface area contributed by atoms with Gasteiger partial charge in [-0.15, -0.1) is 0 Å². The molecule has 0 radical (unpaired) electrons. The number of nitrogen functional groups attached to an aromatic ring is 1. The lowest BCUT2D eigenvalue weighted by molar-refractivity contribution is -0.137. The van der Waals surface area contributed by atoms with Gasteiger partial charge in [0, 0.05) is 54.6 Å². The van der Waals surface area contributed by atoms with E-state index in [-0.39, 0.29) is 42.3 Å². The van der Waals surface area contributed by atoms with E-state index in [1.165, 1.54) is 0 Å². The number of alkyl halides is 4. The van der Waals surface area contributed by atoms with Crippen molar-refractivity contribution in [3.63, 3.8) is 0 Å². The number of benzene rings is 2. The highest BCUT2D eigenvalue weighted by atomic mass is 19.4. The van der Waals surface area contributed by atoms with Gasteiger partial charge >= 0.3 is 12.2 Å². The van der Waals surface area contributed by atoms with Crippen LogP contribution in [0.15, 0.2) is 12.1 Å². The fourth-order valence-corrected chi connectivity index (χ4v) is 6.93. The van der Waals surface area contributed by atoms with Crippen molar-refractivity contribution in [3.8, 4) is 17.1 Å². The van der Waals surface area contributed by atoms with Crippen LogP contribution in [0.1, 0.15) is 37.3 Å². The van der Waals surface area contributed by atoms with E-state index in [4.69, 9.17) is 10.5 Å². The van der Waals surface area contributed by atoms with Crippen molar-refractivity contribution in [2.45, 2.75) is 57.5 Å². The molecule has 0 amide bonds. The number of piperazine rings is 1. The first kappa shape index (κ1) is 30.6. The second-order valence-corrected chi connectivity index (χ2v) is 12.6. The number of rotatable bonds is 5. The molecule has 3 aliphatic rings. The minimum absolute atomic E-state index is 0.0970. The van der Waals surface area contributed by atoms with E-state index in [2.05, 4.69) is 15.3 Å². The van der Waals surface area contributed by atoms with Gasteiger partial charge in [0.15, 0.2) is 11.6 Å². The number of ether oxygens (including phenoxy) is 1. The van der Waals surface area contributed by atoms with E-state index < -0.39 is 68.7 Å². The average Bonchev–Trinajstić information content (AvgIpc) is 3.28. The van der Waals surface area contributed by atoms with Crippen molar-refractivity contribution in [2.75, 3.05) is 50.5 Å². The number of nitrogens with two attached hydrogens (primary N) is 1. The van der Waals surface area contributed by atoms with Gasteiger partial charge in [0.25, 0.3) is 0 Å². The van der Waals surface area contributed by atoms with Crippen LogP contribution in [0.3, 0.4) is 0 Å². The molecule has 7 nitrogen and oxygen atoms in total. The van der Waals surface area contributed by atoms with Crippen LogP contribution in [-0.4, -0.2) is 73.0 Å². The maximum absolute atomic E-state index is 16.4. The first-order valence-electron chi connectivity index (χ1n) is 14.5. The lowest BCUT2D eigenvalue weighted by Gasteiger charge is -2.40. The molecule has 2 aromatic carbocycles. The maximum atomic E-state index is 16.4. The summed E-state index contributed by atoms with van der Waals surface area (Å²) in [5.74, 6) is -4.43. The fraction of sp³-hybridized carbons (Fsp3) is 0.533. The molecule has 0 spiro atoms. The summed E-state index contributed by atoms with van der Waals surface area (Å²) in [6.07, 6.45) is -4.29. The van der Waals surface area contributed by atoms with Crippen LogP contribution in [0.4, 0.5) is 42.2 Å². The van der Waals surface area contributed by atoms with Crippen LogP contribution >= 0.6 is 0 Å². The number of nitrogens with zero attached hydrogens (tertiary/aromatic N) is 4. The van der Waals surface area contributed by atoms with Crippen LogP contribution in [0.2, 0.25) is 0 Å². The van der Waals surface area contributed by atoms with E-state index in [1.54, 1.807) is 6.92 Å². The Morgan fingerprint density at radius 1 is 1.05 bits per heavy atom. The van der Waals surface area contributed by atoms with Gasteiger partial charge in [0.05, 0.1) is 16.8 Å². The van der Waals surface area contributed by atoms with E-state index in [0.717, 1.165) is 31.9 Å². The molecule has 3 saturated heterocycles. The molecule has 0 saturated carbocycles. The van der Waals surface area contributed by atoms with E-state index in [9.17, 15) is 13.2 Å². The number of aromatic nitrogens is 2. The summed E-state index contributed by atoms with van der Waals surface area (Å²) < 4.78 is 111. The Balaban J connectivity index is 1.53. The van der Waals surface area contributed by atoms with Crippen molar-refractivity contribution < 1.29 is 35.5 Å². The molecule has 44 heavy (non-hydrogen) atoms. The van der Waals surface area contributed by atoms with Crippen LogP contribution in [0.25, 0.3) is 22.0 Å². The number of nitrogens with one attached hydrogen (secondary N) is 1. The van der Waals surface area contributed by atoms with Crippen molar-refractivity contribution in [1.82, 2.24) is 20.2 Å². The molecule has 2 bridgehead atoms. The van der Waals surface area contributed by atoms with Gasteiger partial charge in [-0.1, -0.05) is 6.92 Å². The van der Waals surface area contributed by atoms with Crippen LogP contribution < -0.4 is 20.7 Å². The number of likely N-dealkylation sites (tertiary alicyclic amines) is 1. The van der Waals surface area contributed by atoms with Gasteiger partial charge in [-0.3, -0.25) is 0 Å². The van der Waals surface area contributed by atoms with Gasteiger partial charge in [0.1, 0.15) is 29.9 Å². The van der Waals surface area contributed by atoms with Gasteiger partial charge in [-0.05, 0) is 50.9 Å². The maximum Gasteiger partial charge on any atom is 0.417 e. The minimum atomic E-state index is -5.15. The van der Waals surface area contributed by atoms with E-state index in [1.807, 2.05) is 16.8 Å². The molecule has 3 aliphatic heterocycles. The summed E-state index contributed by atoms with van der Waals surface area (Å²) in [4.78, 5) is 12.4. The fourth-order valence-electron chi connectivity index (χ4n) is 6.93. The van der Waals surface area contributed by atoms with Gasteiger partial charge < -0.3 is 25.6 Å². The molecule has 4 atom stereocenters. The highest BCUT2D eigenvalue weighted by Crippen LogP contribution is 2.46. The molecule has 238 valence electrons. The molecular formula is C30H33F7N6O. The molecule has 3 N–H and O–H groups in total. The summed E-state index contributed by atoms with van der Waals surface area (Å²) in [7, 11) is 1.85. The number of halogens is 7. The largest absolute Gasteiger partial charge is 0.463 e. The Morgan fingerprint density at radius 3 is 2.39 bits per heavy atom. The monoisotopic (exact) mass is 626 g/mol. The molecular weight excluding hydrogens is 593 g/mol. The summed E-state index contributed by atoms with van der Waals surface area (Å²) >= 11 is 0. The number of anilines is 2. The first-order chi connectivity index (χ1) is 20.7. The van der Waals surface area contributed by atoms with Crippen molar-refractivity contribution in [3.05, 3.63) is 40.7 Å². The highest BCUT2D eigenvalue weighted by molar-refractivity contribution is 5.94. The molecule has 4 heterocycles. The SMILES string of the molecule is Cc1cc(N)c(F)c(-c2c(F)cc3c(N4C[C@H]5CC[C@@H](C4)N5)nc(OCC4(C)CN(C)CCC4F)nc3c2F)c1C(F)(F)F. The summed E-state index contributed by atoms with van der Waals surface area (Å²) in [6.45, 7) is 4.40. The topological polar surface area (TPSA) is 79.5 Å². The lowest BCUT2D eigenvalue weighted by Crippen LogP contribution is -2.51. The Labute approximate surface area is 249 Å². The molecule has 3 fully saturated rings. The normalized spacial score (nSPS) is 26.0. The quantitative estimate of drug-likeness (QED) is 0.281. The third-order valence-corrected chi connectivity index (χ3v) is 9.06. The number of piperidine rings is 1. The zero-order chi connectivity index (χ0) is 31.7. The first-order valence-corrected chi connectivity index (χ1v) is 14.5. The zero-order valence-corrected chi connectivity index (χ0v) is 24.5. The Kier molecular flexibility index (Phi) is 7.59. The zero-order valence-electron chi connectivity index (χ0n) is 24.5. The summed E-state index contributed by atoms with van der Waals surface area (Å²) in [6, 6.07) is 1.44. The van der Waals surface area contributed by atoms with Gasteiger partial charge in [-0.25, -0.2) is 17.6 Å². The average molecular weight is 627 g/mol. The standard InChI is InChI=1S/C30H33F7N6O/c1-14-8-19(38)24(33)22(23(14)30(35,36)37)21-18(31)9-17-26(25(21)34)40-28(44-13-29(2)12-42(3)7-6-20(29)32)41-27(17)43-10-15-4-5-16(11-43)39-15/h8-9,15-16,20,39H,4-7,10-13,38H2,1-3H3/t15-,16+,20?,29?. The van der Waals surface area contributed by atoms with Crippen molar-refractivity contribution >= 4 is 22.4 Å². The third-order valence-electron chi connectivity index (χ3n) is 9.06. The van der Waals surface area contributed by atoms with Gasteiger partial charge in [0.2, 0.25) is 0 Å². The minimum Gasteiger partial charge on any atom is -0.463 e. The number of hydrogen-bond donors (Lipinski definition) is 2. The van der Waals surface area contributed by atoms with Crippen LogP contribution in [-0.2, 0) is 6.18 Å². The van der Waals surface area contributed by atoms with Crippen molar-refractivity contribution in [2.24, 2.45) is 5.41 Å². The smallest absolute Gasteiger partial charge is 0.417 e. The molecule has 1 aromatic heterocycles. The Morgan fingerprint density at radius 2 is 1.73 bits per heavy atom. The Hall–Kier alpha value is -3.39.